The first-order valence-electron chi connectivity index (χ1n) is 7.35. The molecular weight excluding hydrogens is 270 g/mol. The van der Waals surface area contributed by atoms with Gasteiger partial charge in [-0.15, -0.1) is 12.3 Å². The van der Waals surface area contributed by atoms with Crippen molar-refractivity contribution in [3.8, 4) is 12.3 Å². The van der Waals surface area contributed by atoms with Crippen molar-refractivity contribution in [2.75, 3.05) is 13.1 Å². The highest BCUT2D eigenvalue weighted by molar-refractivity contribution is 5.55. The van der Waals surface area contributed by atoms with E-state index >= 15 is 0 Å². The predicted octanol–water partition coefficient (Wildman–Crippen LogP) is 4.09. The maximum Gasteiger partial charge on any atom is 0.0544 e. The summed E-state index contributed by atoms with van der Waals surface area (Å²) in [5.41, 5.74) is 3.28. The average molecular weight is 297 g/mol. The zero-order chi connectivity index (χ0) is 16.8. The summed E-state index contributed by atoms with van der Waals surface area (Å²) >= 11 is 0. The molecule has 22 heavy (non-hydrogen) atoms. The molecule has 0 aliphatic rings. The summed E-state index contributed by atoms with van der Waals surface area (Å²) < 4.78 is 0. The Morgan fingerprint density at radius 1 is 1.41 bits per heavy atom. The van der Waals surface area contributed by atoms with Gasteiger partial charge in [-0.1, -0.05) is 24.3 Å². The zero-order valence-electron chi connectivity index (χ0n) is 14.2. The number of nitrogens with zero attached hydrogens (tertiary/aromatic N) is 3. The van der Waals surface area contributed by atoms with E-state index in [1.54, 1.807) is 6.92 Å². The SMILES string of the molecule is C#CC.C=C(C)CN(C/C(=C/C)N=CC)Cc1ccccn1. The van der Waals surface area contributed by atoms with Crippen LogP contribution in [0.4, 0.5) is 0 Å². The van der Waals surface area contributed by atoms with Crippen LogP contribution in [0.2, 0.25) is 0 Å². The molecule has 0 atom stereocenters. The fourth-order valence-corrected chi connectivity index (χ4v) is 1.87. The molecule has 1 aromatic rings. The minimum absolute atomic E-state index is 0.810. The number of terminal acetylenes is 1. The number of rotatable bonds is 7. The third-order valence-electron chi connectivity index (χ3n) is 2.62. The molecule has 0 spiro atoms. The third-order valence-corrected chi connectivity index (χ3v) is 2.62. The lowest BCUT2D eigenvalue weighted by atomic mass is 10.2. The quantitative estimate of drug-likeness (QED) is 0.431. The van der Waals surface area contributed by atoms with Crippen LogP contribution in [0.15, 0.2) is 53.3 Å². The maximum atomic E-state index is 4.60. The molecule has 0 saturated carbocycles. The lowest BCUT2D eigenvalue weighted by molar-refractivity contribution is 0.308. The number of allylic oxidation sites excluding steroid dienone is 1. The van der Waals surface area contributed by atoms with Gasteiger partial charge in [0.05, 0.1) is 5.69 Å². The van der Waals surface area contributed by atoms with Gasteiger partial charge < -0.3 is 0 Å². The Morgan fingerprint density at radius 3 is 2.55 bits per heavy atom. The van der Waals surface area contributed by atoms with Gasteiger partial charge in [0, 0.05) is 37.7 Å². The molecule has 0 aliphatic carbocycles. The van der Waals surface area contributed by atoms with Crippen molar-refractivity contribution < 1.29 is 0 Å². The molecule has 0 radical (unpaired) electrons. The van der Waals surface area contributed by atoms with E-state index in [9.17, 15) is 0 Å². The first-order chi connectivity index (χ1) is 10.6. The Bertz CT molecular complexity index is 521. The highest BCUT2D eigenvalue weighted by atomic mass is 15.1. The molecule has 0 amide bonds. The van der Waals surface area contributed by atoms with Crippen molar-refractivity contribution in [3.63, 3.8) is 0 Å². The van der Waals surface area contributed by atoms with Gasteiger partial charge in [-0.25, -0.2) is 0 Å². The van der Waals surface area contributed by atoms with Gasteiger partial charge in [0.25, 0.3) is 0 Å². The molecule has 0 N–H and O–H groups in total. The second kappa shape index (κ2) is 12.6. The fraction of sp³-hybridized carbons (Fsp3) is 0.368. The molecule has 3 heteroatoms. The third kappa shape index (κ3) is 9.68. The topological polar surface area (TPSA) is 28.5 Å². The predicted molar refractivity (Wildman–Crippen MR) is 96.8 cm³/mol. The van der Waals surface area contributed by atoms with Crippen LogP contribution in [-0.4, -0.2) is 29.2 Å². The number of aliphatic imine (C=N–C) groups is 1. The van der Waals surface area contributed by atoms with Crippen LogP contribution in [0.3, 0.4) is 0 Å². The van der Waals surface area contributed by atoms with Gasteiger partial charge in [-0.3, -0.25) is 14.9 Å². The van der Waals surface area contributed by atoms with E-state index in [4.69, 9.17) is 0 Å². The molecule has 0 fully saturated rings. The summed E-state index contributed by atoms with van der Waals surface area (Å²) in [6.45, 7) is 14.1. The molecule has 0 saturated heterocycles. The van der Waals surface area contributed by atoms with E-state index in [0.717, 1.165) is 36.6 Å². The molecular formula is C19H27N3. The molecule has 0 aliphatic heterocycles. The summed E-state index contributed by atoms with van der Waals surface area (Å²) in [6, 6.07) is 6.00. The first kappa shape index (κ1) is 19.8. The van der Waals surface area contributed by atoms with E-state index in [1.807, 2.05) is 57.5 Å². The van der Waals surface area contributed by atoms with Crippen molar-refractivity contribution >= 4 is 6.21 Å². The minimum atomic E-state index is 0.810. The van der Waals surface area contributed by atoms with Crippen molar-refractivity contribution in [1.29, 1.82) is 0 Å². The Balaban J connectivity index is 0.00000135. The summed E-state index contributed by atoms with van der Waals surface area (Å²) in [6.07, 6.45) is 10.3. The largest absolute Gasteiger partial charge is 0.288 e. The maximum absolute atomic E-state index is 4.60. The molecule has 0 bridgehead atoms. The normalized spacial score (nSPS) is 11.0. The molecule has 118 valence electrons. The van der Waals surface area contributed by atoms with Gasteiger partial charge in [0.15, 0.2) is 0 Å². The van der Waals surface area contributed by atoms with Gasteiger partial charge in [0.1, 0.15) is 0 Å². The lowest BCUT2D eigenvalue weighted by Gasteiger charge is -2.22. The summed E-state index contributed by atoms with van der Waals surface area (Å²) in [5.74, 6) is 2.25. The van der Waals surface area contributed by atoms with Crippen LogP contribution in [0, 0.1) is 12.3 Å². The average Bonchev–Trinajstić information content (AvgIpc) is 2.48. The van der Waals surface area contributed by atoms with Crippen LogP contribution < -0.4 is 0 Å². The van der Waals surface area contributed by atoms with E-state index in [-0.39, 0.29) is 0 Å². The molecule has 1 heterocycles. The summed E-state index contributed by atoms with van der Waals surface area (Å²) in [4.78, 5) is 11.1. The van der Waals surface area contributed by atoms with Crippen molar-refractivity contribution in [2.45, 2.75) is 34.2 Å². The Kier molecular flexibility index (Phi) is 11.3. The zero-order valence-corrected chi connectivity index (χ0v) is 14.2. The molecule has 0 unspecified atom stereocenters. The van der Waals surface area contributed by atoms with Gasteiger partial charge in [0.2, 0.25) is 0 Å². The number of aromatic nitrogens is 1. The first-order valence-corrected chi connectivity index (χ1v) is 7.35. The number of pyridine rings is 1. The number of hydrogen-bond donors (Lipinski definition) is 0. The standard InChI is InChI=1S/C16H23N3.C3H4/c1-5-15(17-6-2)12-19(11-14(3)4)13-16-9-7-8-10-18-16;1-3-2/h5-10H,3,11-13H2,1-2,4H3;1H,2H3/b15-5-,17-6?;. The molecule has 1 aromatic heterocycles. The van der Waals surface area contributed by atoms with E-state index in [2.05, 4.69) is 33.8 Å². The van der Waals surface area contributed by atoms with Gasteiger partial charge >= 0.3 is 0 Å². The van der Waals surface area contributed by atoms with Crippen molar-refractivity contribution in [3.05, 3.63) is 54.0 Å². The Hall–Kier alpha value is -2.18. The highest BCUT2D eigenvalue weighted by Gasteiger charge is 2.08. The Labute approximate surface area is 135 Å². The fourth-order valence-electron chi connectivity index (χ4n) is 1.87. The van der Waals surface area contributed by atoms with Gasteiger partial charge in [-0.2, -0.15) is 0 Å². The highest BCUT2D eigenvalue weighted by Crippen LogP contribution is 2.08. The molecule has 3 nitrogen and oxygen atoms in total. The van der Waals surface area contributed by atoms with Crippen LogP contribution in [-0.2, 0) is 6.54 Å². The Morgan fingerprint density at radius 2 is 2.09 bits per heavy atom. The second-order valence-corrected chi connectivity index (χ2v) is 4.88. The van der Waals surface area contributed by atoms with Crippen molar-refractivity contribution in [1.82, 2.24) is 9.88 Å². The lowest BCUT2D eigenvalue weighted by Crippen LogP contribution is -2.27. The molecule has 0 aromatic carbocycles. The molecule has 1 rings (SSSR count). The summed E-state index contributed by atoms with van der Waals surface area (Å²) in [7, 11) is 0. The monoisotopic (exact) mass is 297 g/mol. The van der Waals surface area contributed by atoms with E-state index < -0.39 is 0 Å². The van der Waals surface area contributed by atoms with Crippen LogP contribution in [0.1, 0.15) is 33.4 Å². The van der Waals surface area contributed by atoms with Crippen LogP contribution >= 0.6 is 0 Å². The van der Waals surface area contributed by atoms with E-state index in [1.165, 1.54) is 0 Å². The van der Waals surface area contributed by atoms with Crippen LogP contribution in [0.25, 0.3) is 0 Å². The summed E-state index contributed by atoms with van der Waals surface area (Å²) in [5, 5.41) is 0. The van der Waals surface area contributed by atoms with Gasteiger partial charge in [-0.05, 0) is 39.8 Å². The van der Waals surface area contributed by atoms with Crippen LogP contribution in [0.5, 0.6) is 0 Å². The van der Waals surface area contributed by atoms with E-state index in [0.29, 0.717) is 0 Å². The number of hydrogen-bond acceptors (Lipinski definition) is 3. The van der Waals surface area contributed by atoms with Crippen molar-refractivity contribution in [2.24, 2.45) is 4.99 Å². The minimum Gasteiger partial charge on any atom is -0.288 e. The smallest absolute Gasteiger partial charge is 0.0544 e. The second-order valence-electron chi connectivity index (χ2n) is 4.88.